The van der Waals surface area contributed by atoms with Crippen molar-refractivity contribution in [3.05, 3.63) is 24.3 Å². The van der Waals surface area contributed by atoms with Gasteiger partial charge in [0.1, 0.15) is 0 Å². The van der Waals surface area contributed by atoms with Crippen LogP contribution < -0.4 is 5.90 Å². The van der Waals surface area contributed by atoms with Crippen LogP contribution in [0.4, 0.5) is 0 Å². The first-order chi connectivity index (χ1) is 10.5. The van der Waals surface area contributed by atoms with Crippen molar-refractivity contribution in [2.45, 2.75) is 44.8 Å². The Hall–Kier alpha value is -1.61. The third-order valence-electron chi connectivity index (χ3n) is 4.08. The van der Waals surface area contributed by atoms with Crippen molar-refractivity contribution in [2.24, 2.45) is 23.7 Å². The zero-order valence-electron chi connectivity index (χ0n) is 12.9. The molecule has 5 nitrogen and oxygen atoms in total. The summed E-state index contributed by atoms with van der Waals surface area (Å²) in [6, 6.07) is 0. The van der Waals surface area contributed by atoms with Crippen LogP contribution in [-0.2, 0) is 9.63 Å². The maximum atomic E-state index is 10.9. The van der Waals surface area contributed by atoms with Gasteiger partial charge in [0, 0.05) is 12.8 Å². The summed E-state index contributed by atoms with van der Waals surface area (Å²) in [4.78, 5) is 15.0. The smallest absolute Gasteiger partial charge is 0.324 e. The number of hydrogen-bond acceptors (Lipinski definition) is 5. The molecule has 1 rings (SSSR count). The van der Waals surface area contributed by atoms with Gasteiger partial charge < -0.3 is 15.1 Å². The van der Waals surface area contributed by atoms with Crippen LogP contribution in [-0.4, -0.2) is 28.4 Å². The number of aliphatic hydroxyl groups is 2. The summed E-state index contributed by atoms with van der Waals surface area (Å²) in [5, 5.41) is 19.6. The van der Waals surface area contributed by atoms with Gasteiger partial charge in [-0.3, -0.25) is 4.79 Å². The molecule has 0 aromatic carbocycles. The van der Waals surface area contributed by atoms with Crippen LogP contribution in [0.25, 0.3) is 0 Å². The molecule has 0 aliphatic heterocycles. The van der Waals surface area contributed by atoms with Crippen molar-refractivity contribution in [2.75, 3.05) is 0 Å². The van der Waals surface area contributed by atoms with Gasteiger partial charge in [0.25, 0.3) is 0 Å². The number of hydrogen-bond donors (Lipinski definition) is 3. The quantitative estimate of drug-likeness (QED) is 0.339. The number of rotatable bonds is 9. The molecule has 122 valence electrons. The Morgan fingerprint density at radius 2 is 2.18 bits per heavy atom. The molecule has 0 radical (unpaired) electrons. The van der Waals surface area contributed by atoms with Gasteiger partial charge in [-0.15, -0.1) is 12.3 Å². The summed E-state index contributed by atoms with van der Waals surface area (Å²) in [5.74, 6) is 7.65. The number of terminal acetylenes is 1. The average Bonchev–Trinajstić information content (AvgIpc) is 3.13. The third kappa shape index (κ3) is 6.02. The molecule has 22 heavy (non-hydrogen) atoms. The van der Waals surface area contributed by atoms with Crippen LogP contribution in [0.3, 0.4) is 0 Å². The van der Waals surface area contributed by atoms with Gasteiger partial charge in [0.05, 0.1) is 12.2 Å². The summed E-state index contributed by atoms with van der Waals surface area (Å²) in [5.41, 5.74) is 0. The molecule has 0 amide bonds. The number of carbonyl (C=O) groups excluding carboxylic acids is 1. The minimum Gasteiger partial charge on any atom is -0.393 e. The molecule has 5 heteroatoms. The summed E-state index contributed by atoms with van der Waals surface area (Å²) >= 11 is 0. The number of allylic oxidation sites excluding steroid dienone is 3. The van der Waals surface area contributed by atoms with E-state index in [0.717, 1.165) is 0 Å². The highest BCUT2D eigenvalue weighted by Gasteiger charge is 2.48. The van der Waals surface area contributed by atoms with Crippen molar-refractivity contribution in [1.29, 1.82) is 0 Å². The van der Waals surface area contributed by atoms with Gasteiger partial charge >= 0.3 is 5.97 Å². The van der Waals surface area contributed by atoms with Crippen LogP contribution >= 0.6 is 0 Å². The van der Waals surface area contributed by atoms with Gasteiger partial charge in [0.2, 0.25) is 0 Å². The lowest BCUT2D eigenvalue weighted by atomic mass is 10.1. The van der Waals surface area contributed by atoms with Gasteiger partial charge in [-0.1, -0.05) is 31.2 Å². The highest BCUT2D eigenvalue weighted by Crippen LogP contribution is 2.50. The predicted octanol–water partition coefficient (Wildman–Crippen LogP) is 1.31. The second kappa shape index (κ2) is 9.42. The van der Waals surface area contributed by atoms with Crippen LogP contribution in [0, 0.1) is 30.1 Å². The monoisotopic (exact) mass is 307 g/mol. The molecule has 4 unspecified atom stereocenters. The fourth-order valence-electron chi connectivity index (χ4n) is 2.72. The lowest BCUT2D eigenvalue weighted by Gasteiger charge is -2.08. The first-order valence-electron chi connectivity index (χ1n) is 7.55. The van der Waals surface area contributed by atoms with E-state index in [-0.39, 0.29) is 12.3 Å². The Balaban J connectivity index is 2.30. The number of nitrogens with two attached hydrogens (primary N) is 1. The van der Waals surface area contributed by atoms with Crippen LogP contribution in [0.1, 0.15) is 32.6 Å². The molecule has 0 aromatic rings. The van der Waals surface area contributed by atoms with E-state index in [1.807, 2.05) is 12.2 Å². The van der Waals surface area contributed by atoms with Crippen LogP contribution in [0.5, 0.6) is 0 Å². The van der Waals surface area contributed by atoms with E-state index >= 15 is 0 Å². The minimum absolute atomic E-state index is 0.217. The molecule has 1 fully saturated rings. The highest BCUT2D eigenvalue weighted by molar-refractivity contribution is 5.68. The average molecular weight is 307 g/mol. The molecule has 0 heterocycles. The third-order valence-corrected chi connectivity index (χ3v) is 4.08. The summed E-state index contributed by atoms with van der Waals surface area (Å²) in [6.07, 6.45) is 13.0. The van der Waals surface area contributed by atoms with E-state index in [1.165, 1.54) is 0 Å². The Bertz CT molecular complexity index is 452. The van der Waals surface area contributed by atoms with Gasteiger partial charge in [0.15, 0.2) is 0 Å². The first-order valence-corrected chi connectivity index (χ1v) is 7.55. The van der Waals surface area contributed by atoms with Gasteiger partial charge in [-0.2, -0.15) is 5.90 Å². The molecule has 0 aromatic heterocycles. The Kier molecular flexibility index (Phi) is 7.89. The highest BCUT2D eigenvalue weighted by atomic mass is 16.7. The summed E-state index contributed by atoms with van der Waals surface area (Å²) in [6.45, 7) is 2.09. The standard InChI is InChI=1S/C17H25NO4/c1-3-7-13(19)8-4-5-9-14-12(2)17(14)15(20)10-6-11-16(21)22-18/h1,4-5,8-9,12-15,17,19-20H,6-7,10-11,18H2,2H3/b8-4+,9-5+/t12-,13?,14?,15?,17?/m0/s1. The molecular weight excluding hydrogens is 282 g/mol. The van der Waals surface area contributed by atoms with Crippen molar-refractivity contribution >= 4 is 5.97 Å². The van der Waals surface area contributed by atoms with E-state index < -0.39 is 18.2 Å². The zero-order chi connectivity index (χ0) is 16.5. The molecule has 0 bridgehead atoms. The van der Waals surface area contributed by atoms with Crippen molar-refractivity contribution in [3.8, 4) is 12.3 Å². The second-order valence-corrected chi connectivity index (χ2v) is 5.71. The normalized spacial score (nSPS) is 26.8. The van der Waals surface area contributed by atoms with E-state index in [2.05, 4.69) is 17.7 Å². The van der Waals surface area contributed by atoms with Crippen molar-refractivity contribution in [1.82, 2.24) is 0 Å². The fraction of sp³-hybridized carbons (Fsp3) is 0.588. The molecule has 1 aliphatic carbocycles. The van der Waals surface area contributed by atoms with Crippen LogP contribution in [0.2, 0.25) is 0 Å². The molecule has 4 N–H and O–H groups in total. The molecule has 1 saturated carbocycles. The SMILES string of the molecule is C#CCC(O)/C=C/C=C/C1C(C(O)CCCC(=O)ON)[C@H]1C. The number of carbonyl (C=O) groups is 1. The van der Waals surface area contributed by atoms with Crippen molar-refractivity contribution < 1.29 is 19.8 Å². The molecule has 0 spiro atoms. The second-order valence-electron chi connectivity index (χ2n) is 5.71. The molecule has 1 aliphatic rings. The number of aliphatic hydroxyl groups excluding tert-OH is 2. The van der Waals surface area contributed by atoms with Gasteiger partial charge in [-0.05, 0) is 30.6 Å². The van der Waals surface area contributed by atoms with Crippen LogP contribution in [0.15, 0.2) is 24.3 Å². The summed E-state index contributed by atoms with van der Waals surface area (Å²) < 4.78 is 0. The molecule has 5 atom stereocenters. The molecule has 0 saturated heterocycles. The van der Waals surface area contributed by atoms with E-state index in [0.29, 0.717) is 31.1 Å². The van der Waals surface area contributed by atoms with Gasteiger partial charge in [-0.25, -0.2) is 0 Å². The Morgan fingerprint density at radius 3 is 2.82 bits per heavy atom. The summed E-state index contributed by atoms with van der Waals surface area (Å²) in [7, 11) is 0. The zero-order valence-corrected chi connectivity index (χ0v) is 12.9. The Labute approximate surface area is 131 Å². The van der Waals surface area contributed by atoms with E-state index in [1.54, 1.807) is 12.2 Å². The maximum Gasteiger partial charge on any atom is 0.324 e. The predicted molar refractivity (Wildman–Crippen MR) is 84.0 cm³/mol. The first kappa shape index (κ1) is 18.4. The van der Waals surface area contributed by atoms with E-state index in [4.69, 9.17) is 12.3 Å². The topological polar surface area (TPSA) is 92.8 Å². The fourth-order valence-corrected chi connectivity index (χ4v) is 2.72. The van der Waals surface area contributed by atoms with E-state index in [9.17, 15) is 15.0 Å². The van der Waals surface area contributed by atoms with Crippen molar-refractivity contribution in [3.63, 3.8) is 0 Å². The molecular formula is C17H25NO4. The lowest BCUT2D eigenvalue weighted by molar-refractivity contribution is -0.144. The minimum atomic E-state index is -0.616. The Morgan fingerprint density at radius 1 is 1.45 bits per heavy atom. The largest absolute Gasteiger partial charge is 0.393 e. The lowest BCUT2D eigenvalue weighted by Crippen LogP contribution is -2.14. The maximum absolute atomic E-state index is 10.9.